The number of carbonyl (C=O) groups excluding carboxylic acids is 3. The monoisotopic (exact) mass is 392 g/mol. The van der Waals surface area contributed by atoms with Crippen molar-refractivity contribution in [2.45, 2.75) is 45.1 Å². The first-order valence-corrected chi connectivity index (χ1v) is 10.8. The molecule has 1 aliphatic heterocycles. The Balaban J connectivity index is 1.83. The van der Waals surface area contributed by atoms with Crippen LogP contribution in [-0.2, 0) is 14.4 Å². The largest absolute Gasteiger partial charge is 0.322 e. The summed E-state index contributed by atoms with van der Waals surface area (Å²) in [6.07, 6.45) is 5.54. The van der Waals surface area contributed by atoms with E-state index in [1.807, 2.05) is 6.26 Å². The van der Waals surface area contributed by atoms with Crippen molar-refractivity contribution in [3.05, 3.63) is 29.6 Å². The lowest BCUT2D eigenvalue weighted by Gasteiger charge is -2.26. The summed E-state index contributed by atoms with van der Waals surface area (Å²) in [7, 11) is 0. The summed E-state index contributed by atoms with van der Waals surface area (Å²) in [6, 6.07) is 3.65. The molecule has 1 saturated heterocycles. The molecule has 3 amide bonds. The van der Waals surface area contributed by atoms with E-state index in [4.69, 9.17) is 0 Å². The third kappa shape index (κ3) is 4.03. The van der Waals surface area contributed by atoms with E-state index in [1.54, 1.807) is 24.8 Å². The van der Waals surface area contributed by atoms with Crippen LogP contribution in [0, 0.1) is 24.6 Å². The fourth-order valence-electron chi connectivity index (χ4n) is 4.04. The van der Waals surface area contributed by atoms with E-state index in [9.17, 15) is 18.8 Å². The van der Waals surface area contributed by atoms with Gasteiger partial charge in [0.2, 0.25) is 17.7 Å². The first-order valence-electron chi connectivity index (χ1n) is 9.37. The molecule has 3 unspecified atom stereocenters. The van der Waals surface area contributed by atoms with Crippen LogP contribution in [0.5, 0.6) is 0 Å². The Labute approximate surface area is 163 Å². The average molecular weight is 392 g/mol. The van der Waals surface area contributed by atoms with Gasteiger partial charge in [-0.25, -0.2) is 4.39 Å². The second kappa shape index (κ2) is 8.42. The standard InChI is InChI=1S/C20H25FN2O3S/c1-12-7-8-16(15(21)11-12)22-18(24)17(9-10-27-2)23-19(25)13-5-3-4-6-14(13)20(23)26/h7-8,11,13-14,17H,3-6,9-10H2,1-2H3,(H,22,24). The van der Waals surface area contributed by atoms with E-state index < -0.39 is 17.8 Å². The van der Waals surface area contributed by atoms with Gasteiger partial charge in [-0.2, -0.15) is 11.8 Å². The van der Waals surface area contributed by atoms with Crippen molar-refractivity contribution in [2.24, 2.45) is 11.8 Å². The molecule has 5 nitrogen and oxygen atoms in total. The quantitative estimate of drug-likeness (QED) is 0.754. The molecule has 0 radical (unpaired) electrons. The number of benzene rings is 1. The molecule has 27 heavy (non-hydrogen) atoms. The Bertz CT molecular complexity index is 731. The minimum absolute atomic E-state index is 0.0660. The molecule has 146 valence electrons. The zero-order chi connectivity index (χ0) is 19.6. The third-order valence-electron chi connectivity index (χ3n) is 5.47. The number of thioether (sulfide) groups is 1. The highest BCUT2D eigenvalue weighted by molar-refractivity contribution is 7.98. The summed E-state index contributed by atoms with van der Waals surface area (Å²) in [5, 5.41) is 2.58. The van der Waals surface area contributed by atoms with Crippen molar-refractivity contribution in [1.29, 1.82) is 0 Å². The number of nitrogens with zero attached hydrogens (tertiary/aromatic N) is 1. The number of nitrogens with one attached hydrogen (secondary N) is 1. The van der Waals surface area contributed by atoms with Crippen LogP contribution in [0.2, 0.25) is 0 Å². The van der Waals surface area contributed by atoms with Gasteiger partial charge in [0.05, 0.1) is 17.5 Å². The van der Waals surface area contributed by atoms with Crippen LogP contribution in [-0.4, -0.2) is 40.7 Å². The molecule has 0 spiro atoms. The van der Waals surface area contributed by atoms with Crippen molar-refractivity contribution in [1.82, 2.24) is 4.90 Å². The highest BCUT2D eigenvalue weighted by Crippen LogP contribution is 2.39. The van der Waals surface area contributed by atoms with Gasteiger partial charge >= 0.3 is 0 Å². The topological polar surface area (TPSA) is 66.5 Å². The van der Waals surface area contributed by atoms with Gasteiger partial charge in [0.15, 0.2) is 0 Å². The molecule has 0 aromatic heterocycles. The molecular weight excluding hydrogens is 367 g/mol. The van der Waals surface area contributed by atoms with Crippen LogP contribution in [0.25, 0.3) is 0 Å². The summed E-state index contributed by atoms with van der Waals surface area (Å²) < 4.78 is 14.1. The SMILES string of the molecule is CSCCC(C(=O)Nc1ccc(C)cc1F)N1C(=O)C2CCCCC2C1=O. The van der Waals surface area contributed by atoms with Crippen molar-refractivity contribution in [2.75, 3.05) is 17.3 Å². The second-order valence-electron chi connectivity index (χ2n) is 7.31. The van der Waals surface area contributed by atoms with Crippen LogP contribution < -0.4 is 5.32 Å². The number of hydrogen-bond acceptors (Lipinski definition) is 4. The molecule has 1 aliphatic carbocycles. The van der Waals surface area contributed by atoms with Gasteiger partial charge in [0.25, 0.3) is 0 Å². The first-order chi connectivity index (χ1) is 12.9. The number of fused-ring (bicyclic) bond motifs is 1. The lowest BCUT2D eigenvalue weighted by Crippen LogP contribution is -2.48. The number of anilines is 1. The van der Waals surface area contributed by atoms with E-state index in [2.05, 4.69) is 5.32 Å². The number of carbonyl (C=O) groups is 3. The minimum atomic E-state index is -0.899. The molecule has 1 heterocycles. The molecule has 3 rings (SSSR count). The van der Waals surface area contributed by atoms with Crippen molar-refractivity contribution >= 4 is 35.2 Å². The molecule has 1 aromatic carbocycles. The Hall–Kier alpha value is -1.89. The summed E-state index contributed by atoms with van der Waals surface area (Å²) in [5.74, 6) is -1.49. The molecular formula is C20H25FN2O3S. The van der Waals surface area contributed by atoms with Gasteiger partial charge in [-0.3, -0.25) is 19.3 Å². The molecule has 2 aliphatic rings. The maximum atomic E-state index is 14.1. The van der Waals surface area contributed by atoms with Crippen LogP contribution in [0.3, 0.4) is 0 Å². The smallest absolute Gasteiger partial charge is 0.247 e. The van der Waals surface area contributed by atoms with E-state index in [0.29, 0.717) is 25.0 Å². The molecule has 3 atom stereocenters. The van der Waals surface area contributed by atoms with E-state index in [-0.39, 0.29) is 29.3 Å². The summed E-state index contributed by atoms with van der Waals surface area (Å²) in [6.45, 7) is 1.76. The zero-order valence-corrected chi connectivity index (χ0v) is 16.5. The maximum Gasteiger partial charge on any atom is 0.247 e. The number of aryl methyl sites for hydroxylation is 1. The normalized spacial score (nSPS) is 23.3. The molecule has 1 aromatic rings. The Kier molecular flexibility index (Phi) is 6.19. The van der Waals surface area contributed by atoms with Crippen molar-refractivity contribution in [3.8, 4) is 0 Å². The predicted octanol–water partition coefficient (Wildman–Crippen LogP) is 3.37. The van der Waals surface area contributed by atoms with Crippen LogP contribution in [0.4, 0.5) is 10.1 Å². The number of imide groups is 1. The van der Waals surface area contributed by atoms with Crippen LogP contribution >= 0.6 is 11.8 Å². The molecule has 7 heteroatoms. The predicted molar refractivity (Wildman–Crippen MR) is 104 cm³/mol. The second-order valence-corrected chi connectivity index (χ2v) is 8.30. The number of amides is 3. The summed E-state index contributed by atoms with van der Waals surface area (Å²) in [5.41, 5.74) is 0.815. The van der Waals surface area contributed by atoms with E-state index >= 15 is 0 Å². The Morgan fingerprint density at radius 3 is 2.44 bits per heavy atom. The fraction of sp³-hybridized carbons (Fsp3) is 0.550. The summed E-state index contributed by atoms with van der Waals surface area (Å²) >= 11 is 1.54. The first kappa shape index (κ1) is 19.9. The average Bonchev–Trinajstić information content (AvgIpc) is 2.90. The number of rotatable bonds is 6. The highest BCUT2D eigenvalue weighted by Gasteiger charge is 2.51. The Morgan fingerprint density at radius 2 is 1.89 bits per heavy atom. The van der Waals surface area contributed by atoms with Crippen molar-refractivity contribution < 1.29 is 18.8 Å². The zero-order valence-electron chi connectivity index (χ0n) is 15.7. The van der Waals surface area contributed by atoms with Crippen molar-refractivity contribution in [3.63, 3.8) is 0 Å². The van der Waals surface area contributed by atoms with Crippen LogP contribution in [0.15, 0.2) is 18.2 Å². The van der Waals surface area contributed by atoms with Gasteiger partial charge in [-0.1, -0.05) is 18.9 Å². The Morgan fingerprint density at radius 1 is 1.26 bits per heavy atom. The van der Waals surface area contributed by atoms with Gasteiger partial charge in [0.1, 0.15) is 11.9 Å². The van der Waals surface area contributed by atoms with Gasteiger partial charge in [-0.15, -0.1) is 0 Å². The third-order valence-corrected chi connectivity index (χ3v) is 6.11. The fourth-order valence-corrected chi connectivity index (χ4v) is 4.50. The molecule has 1 N–H and O–H groups in total. The molecule has 1 saturated carbocycles. The summed E-state index contributed by atoms with van der Waals surface area (Å²) in [4.78, 5) is 39.8. The number of halogens is 1. The lowest BCUT2D eigenvalue weighted by molar-refractivity contribution is -0.146. The van der Waals surface area contributed by atoms with Gasteiger partial charge < -0.3 is 5.32 Å². The highest BCUT2D eigenvalue weighted by atomic mass is 32.2. The van der Waals surface area contributed by atoms with Crippen LogP contribution in [0.1, 0.15) is 37.7 Å². The maximum absolute atomic E-state index is 14.1. The van der Waals surface area contributed by atoms with E-state index in [1.165, 1.54) is 12.1 Å². The lowest BCUT2D eigenvalue weighted by atomic mass is 9.81. The van der Waals surface area contributed by atoms with Gasteiger partial charge in [0, 0.05) is 0 Å². The minimum Gasteiger partial charge on any atom is -0.322 e. The molecule has 0 bridgehead atoms. The number of likely N-dealkylation sites (tertiary alicyclic amines) is 1. The number of hydrogen-bond donors (Lipinski definition) is 1. The van der Waals surface area contributed by atoms with E-state index in [0.717, 1.165) is 23.3 Å². The molecule has 2 fully saturated rings. The van der Waals surface area contributed by atoms with Gasteiger partial charge in [-0.05, 0) is 55.9 Å².